The summed E-state index contributed by atoms with van der Waals surface area (Å²) < 4.78 is 1.10. The molecule has 0 fully saturated rings. The number of fused-ring (bicyclic) bond motifs is 1. The highest BCUT2D eigenvalue weighted by Crippen LogP contribution is 2.19. The Hall–Kier alpha value is -1.00. The number of halogens is 1. The maximum atomic E-state index is 3.41. The van der Waals surface area contributed by atoms with Crippen LogP contribution in [0.25, 0.3) is 12.2 Å². The van der Waals surface area contributed by atoms with Gasteiger partial charge in [0.2, 0.25) is 0 Å². The van der Waals surface area contributed by atoms with Crippen LogP contribution in [0.2, 0.25) is 0 Å². The van der Waals surface area contributed by atoms with Crippen LogP contribution < -0.4 is 0 Å². The molecule has 0 bridgehead atoms. The molecule has 1 aromatic rings. The summed E-state index contributed by atoms with van der Waals surface area (Å²) in [7, 11) is 0. The topological polar surface area (TPSA) is 0 Å². The summed E-state index contributed by atoms with van der Waals surface area (Å²) in [6.07, 6.45) is 3.86. The van der Waals surface area contributed by atoms with E-state index in [1.54, 1.807) is 0 Å². The molecular weight excluding hydrogens is 200 g/mol. The van der Waals surface area contributed by atoms with Gasteiger partial charge in [0.1, 0.15) is 0 Å². The fourth-order valence-corrected chi connectivity index (χ4v) is 1.42. The molecule has 0 unspecified atom stereocenters. The van der Waals surface area contributed by atoms with Crippen molar-refractivity contribution in [3.8, 4) is 0 Å². The van der Waals surface area contributed by atoms with Crippen LogP contribution in [-0.2, 0) is 0 Å². The van der Waals surface area contributed by atoms with E-state index in [-0.39, 0.29) is 0 Å². The maximum Gasteiger partial charge on any atom is 0.0181 e. The van der Waals surface area contributed by atoms with Gasteiger partial charge in [0, 0.05) is 4.47 Å². The van der Waals surface area contributed by atoms with Crippen molar-refractivity contribution >= 4 is 28.1 Å². The Bertz CT molecular complexity index is 389. The quantitative estimate of drug-likeness (QED) is 0.579. The summed E-state index contributed by atoms with van der Waals surface area (Å²) in [6.45, 7) is 0. The van der Waals surface area contributed by atoms with E-state index in [0.717, 1.165) is 4.47 Å². The summed E-state index contributed by atoms with van der Waals surface area (Å²) in [5.41, 5.74) is 8.22. The van der Waals surface area contributed by atoms with Crippen LogP contribution in [0.5, 0.6) is 0 Å². The molecule has 0 radical (unpaired) electrons. The minimum atomic E-state index is 1.10. The van der Waals surface area contributed by atoms with Crippen LogP contribution in [-0.4, -0.2) is 0 Å². The SMILES string of the molecule is Brc1ccc2c(c1)C=C=C=C2. The molecule has 1 aliphatic carbocycles. The van der Waals surface area contributed by atoms with E-state index in [1.807, 2.05) is 18.2 Å². The maximum absolute atomic E-state index is 3.41. The Morgan fingerprint density at radius 3 is 2.55 bits per heavy atom. The van der Waals surface area contributed by atoms with Gasteiger partial charge in [0.15, 0.2) is 0 Å². The van der Waals surface area contributed by atoms with Crippen LogP contribution in [0.1, 0.15) is 11.1 Å². The normalized spacial score (nSPS) is 11.7. The van der Waals surface area contributed by atoms with Crippen LogP contribution in [0.4, 0.5) is 0 Å². The van der Waals surface area contributed by atoms with Gasteiger partial charge in [-0.1, -0.05) is 33.5 Å². The molecule has 0 heterocycles. The van der Waals surface area contributed by atoms with E-state index in [4.69, 9.17) is 0 Å². The van der Waals surface area contributed by atoms with Gasteiger partial charge < -0.3 is 0 Å². The first-order valence-electron chi connectivity index (χ1n) is 3.33. The smallest absolute Gasteiger partial charge is 0.0181 e. The highest BCUT2D eigenvalue weighted by atomic mass is 79.9. The number of hydrogen-bond donors (Lipinski definition) is 0. The molecule has 0 N–H and O–H groups in total. The van der Waals surface area contributed by atoms with Gasteiger partial charge in [0.25, 0.3) is 0 Å². The fraction of sp³-hybridized carbons (Fsp3) is 0. The zero-order chi connectivity index (χ0) is 7.68. The minimum absolute atomic E-state index is 1.10. The second kappa shape index (κ2) is 2.56. The molecule has 0 aliphatic heterocycles. The summed E-state index contributed by atoms with van der Waals surface area (Å²) in [5, 5.41) is 0. The molecule has 0 atom stereocenters. The second-order valence-electron chi connectivity index (χ2n) is 2.35. The van der Waals surface area contributed by atoms with E-state index in [1.165, 1.54) is 11.1 Å². The molecule has 0 amide bonds. The predicted octanol–water partition coefficient (Wildman–Crippen LogP) is 3.24. The molecule has 1 heteroatoms. The second-order valence-corrected chi connectivity index (χ2v) is 3.27. The van der Waals surface area contributed by atoms with Gasteiger partial charge in [-0.2, -0.15) is 0 Å². The van der Waals surface area contributed by atoms with E-state index < -0.39 is 0 Å². The molecule has 0 saturated heterocycles. The van der Waals surface area contributed by atoms with Crippen molar-refractivity contribution in [2.75, 3.05) is 0 Å². The predicted molar refractivity (Wildman–Crippen MR) is 50.1 cm³/mol. The van der Waals surface area contributed by atoms with Crippen LogP contribution in [0.15, 0.2) is 34.1 Å². The minimum Gasteiger partial charge on any atom is -0.0696 e. The third-order valence-corrected chi connectivity index (χ3v) is 2.08. The molecule has 2 rings (SSSR count). The van der Waals surface area contributed by atoms with Crippen LogP contribution >= 0.6 is 15.9 Å². The lowest BCUT2D eigenvalue weighted by molar-refractivity contribution is 1.57. The van der Waals surface area contributed by atoms with E-state index in [0.29, 0.717) is 0 Å². The monoisotopic (exact) mass is 204 g/mol. The molecule has 1 aromatic carbocycles. The molecule has 52 valence electrons. The number of hydrogen-bond acceptors (Lipinski definition) is 0. The van der Waals surface area contributed by atoms with Gasteiger partial charge in [0.05, 0.1) is 0 Å². The first-order chi connectivity index (χ1) is 5.36. The largest absolute Gasteiger partial charge is 0.0696 e. The van der Waals surface area contributed by atoms with Gasteiger partial charge in [-0.05, 0) is 35.4 Å². The standard InChI is InChI=1S/C10H5Br/c11-10-6-5-8-3-1-2-4-9(8)7-10/h3-7H. The zero-order valence-electron chi connectivity index (χ0n) is 5.76. The third kappa shape index (κ3) is 1.22. The van der Waals surface area contributed by atoms with Crippen molar-refractivity contribution in [3.05, 3.63) is 45.3 Å². The van der Waals surface area contributed by atoms with Gasteiger partial charge in [-0.3, -0.25) is 0 Å². The van der Waals surface area contributed by atoms with Crippen molar-refractivity contribution in [3.63, 3.8) is 0 Å². The highest BCUT2D eigenvalue weighted by molar-refractivity contribution is 9.10. The lowest BCUT2D eigenvalue weighted by Crippen LogP contribution is -1.80. The Morgan fingerprint density at radius 1 is 1.00 bits per heavy atom. The Morgan fingerprint density at radius 2 is 1.73 bits per heavy atom. The summed E-state index contributed by atoms with van der Waals surface area (Å²) in [6, 6.07) is 6.15. The Balaban J connectivity index is 2.70. The Labute approximate surface area is 73.7 Å². The van der Waals surface area contributed by atoms with Crippen molar-refractivity contribution in [1.82, 2.24) is 0 Å². The van der Waals surface area contributed by atoms with Crippen molar-refractivity contribution in [2.24, 2.45) is 0 Å². The summed E-state index contributed by atoms with van der Waals surface area (Å²) >= 11 is 3.41. The van der Waals surface area contributed by atoms with Crippen molar-refractivity contribution in [1.29, 1.82) is 0 Å². The molecule has 0 saturated carbocycles. The third-order valence-electron chi connectivity index (χ3n) is 1.59. The lowest BCUT2D eigenvalue weighted by Gasteiger charge is -2.00. The number of benzene rings is 1. The molecule has 11 heavy (non-hydrogen) atoms. The first kappa shape index (κ1) is 6.69. The molecule has 0 nitrogen and oxygen atoms in total. The van der Waals surface area contributed by atoms with E-state index >= 15 is 0 Å². The highest BCUT2D eigenvalue weighted by Gasteiger charge is 1.97. The summed E-state index contributed by atoms with van der Waals surface area (Å²) in [4.78, 5) is 0. The summed E-state index contributed by atoms with van der Waals surface area (Å²) in [5.74, 6) is 0. The zero-order valence-corrected chi connectivity index (χ0v) is 7.35. The molecular formula is C10H5Br. The van der Waals surface area contributed by atoms with Crippen LogP contribution in [0, 0.1) is 0 Å². The molecule has 1 aliphatic rings. The average Bonchev–Trinajstić information content (AvgIpc) is 2.04. The van der Waals surface area contributed by atoms with Gasteiger partial charge in [-0.15, -0.1) is 0 Å². The van der Waals surface area contributed by atoms with Crippen molar-refractivity contribution < 1.29 is 0 Å². The molecule has 0 spiro atoms. The van der Waals surface area contributed by atoms with Crippen LogP contribution in [0.3, 0.4) is 0 Å². The average molecular weight is 205 g/mol. The van der Waals surface area contributed by atoms with Crippen molar-refractivity contribution in [2.45, 2.75) is 0 Å². The lowest BCUT2D eigenvalue weighted by atomic mass is 10.1. The fourth-order valence-electron chi connectivity index (χ4n) is 1.04. The molecule has 0 aromatic heterocycles. The van der Waals surface area contributed by atoms with Gasteiger partial charge >= 0.3 is 0 Å². The first-order valence-corrected chi connectivity index (χ1v) is 4.12. The Kier molecular flexibility index (Phi) is 1.56. The van der Waals surface area contributed by atoms with Gasteiger partial charge in [-0.25, -0.2) is 0 Å². The number of rotatable bonds is 0. The van der Waals surface area contributed by atoms with E-state index in [9.17, 15) is 0 Å². The van der Waals surface area contributed by atoms with E-state index in [2.05, 4.69) is 39.5 Å².